The van der Waals surface area contributed by atoms with E-state index in [1.54, 1.807) is 7.11 Å². The number of nitrogens with two attached hydrogens (primary N) is 1. The van der Waals surface area contributed by atoms with Gasteiger partial charge in [-0.1, -0.05) is 26.2 Å². The highest BCUT2D eigenvalue weighted by molar-refractivity contribution is 5.83. The van der Waals surface area contributed by atoms with Crippen molar-refractivity contribution in [1.82, 2.24) is 24.4 Å². The molecule has 0 saturated carbocycles. The van der Waals surface area contributed by atoms with Gasteiger partial charge >= 0.3 is 6.01 Å². The van der Waals surface area contributed by atoms with Crippen molar-refractivity contribution in [1.29, 1.82) is 0 Å². The van der Waals surface area contributed by atoms with Crippen LogP contribution in [0, 0.1) is 0 Å². The highest BCUT2D eigenvalue weighted by Gasteiger charge is 2.19. The van der Waals surface area contributed by atoms with Gasteiger partial charge < -0.3 is 20.1 Å². The van der Waals surface area contributed by atoms with Crippen molar-refractivity contribution >= 4 is 17.0 Å². The van der Waals surface area contributed by atoms with Gasteiger partial charge in [-0.15, -0.1) is 0 Å². The molecule has 29 heavy (non-hydrogen) atoms. The summed E-state index contributed by atoms with van der Waals surface area (Å²) < 4.78 is 13.3. The Labute approximate surface area is 173 Å². The van der Waals surface area contributed by atoms with Gasteiger partial charge in [-0.3, -0.25) is 4.57 Å². The van der Waals surface area contributed by atoms with Crippen LogP contribution in [0.4, 0.5) is 5.82 Å². The first kappa shape index (κ1) is 21.6. The predicted molar refractivity (Wildman–Crippen MR) is 115 cm³/mol. The number of fused-ring (bicyclic) bond motifs is 1. The Morgan fingerprint density at radius 2 is 1.76 bits per heavy atom. The molecule has 2 aromatic rings. The highest BCUT2D eigenvalue weighted by atomic mass is 16.5. The zero-order valence-electron chi connectivity index (χ0n) is 18.2. The van der Waals surface area contributed by atoms with Crippen molar-refractivity contribution in [2.24, 2.45) is 0 Å². The number of imidazole rings is 1. The molecule has 0 bridgehead atoms. The van der Waals surface area contributed by atoms with Crippen LogP contribution in [0.5, 0.6) is 12.0 Å². The lowest BCUT2D eigenvalue weighted by Gasteiger charge is -2.19. The Kier molecular flexibility index (Phi) is 7.91. The van der Waals surface area contributed by atoms with Crippen molar-refractivity contribution in [3.8, 4) is 12.0 Å². The quantitative estimate of drug-likeness (QED) is 0.604. The van der Waals surface area contributed by atoms with E-state index in [0.717, 1.165) is 38.8 Å². The molecule has 0 amide bonds. The number of nitrogens with zero attached hydrogens (tertiary/aromatic N) is 5. The van der Waals surface area contributed by atoms with E-state index >= 15 is 0 Å². The zero-order valence-corrected chi connectivity index (χ0v) is 18.2. The van der Waals surface area contributed by atoms with Gasteiger partial charge in [0.25, 0.3) is 6.01 Å². The molecule has 1 aliphatic heterocycles. The summed E-state index contributed by atoms with van der Waals surface area (Å²) in [4.78, 5) is 16.0. The summed E-state index contributed by atoms with van der Waals surface area (Å²) in [6.45, 7) is 8.55. The Bertz CT molecular complexity index is 770. The molecule has 2 N–H and O–H groups in total. The highest BCUT2D eigenvalue weighted by Crippen LogP contribution is 2.26. The lowest BCUT2D eigenvalue weighted by Crippen LogP contribution is -2.25. The Morgan fingerprint density at radius 1 is 1.03 bits per heavy atom. The molecule has 1 fully saturated rings. The maximum absolute atomic E-state index is 6.14. The number of likely N-dealkylation sites (tertiary alicyclic amines) is 1. The number of aromatic nitrogens is 4. The van der Waals surface area contributed by atoms with E-state index in [2.05, 4.69) is 26.8 Å². The van der Waals surface area contributed by atoms with Crippen LogP contribution in [0.3, 0.4) is 0 Å². The minimum atomic E-state index is 0.0451. The van der Waals surface area contributed by atoms with Gasteiger partial charge in [0, 0.05) is 6.54 Å². The molecule has 1 unspecified atom stereocenters. The first-order valence-corrected chi connectivity index (χ1v) is 11.1. The summed E-state index contributed by atoms with van der Waals surface area (Å²) in [5.41, 5.74) is 7.40. The molecule has 0 aliphatic carbocycles. The maximum Gasteiger partial charge on any atom is 0.320 e. The van der Waals surface area contributed by atoms with Crippen molar-refractivity contribution in [3.05, 3.63) is 0 Å². The minimum absolute atomic E-state index is 0.0451. The lowest BCUT2D eigenvalue weighted by atomic mass is 10.2. The number of hydrogen-bond acceptors (Lipinski definition) is 7. The van der Waals surface area contributed by atoms with Crippen LogP contribution in [0.1, 0.15) is 65.2 Å². The lowest BCUT2D eigenvalue weighted by molar-refractivity contribution is 0.193. The molecule has 3 rings (SSSR count). The molecule has 0 radical (unpaired) electrons. The van der Waals surface area contributed by atoms with E-state index < -0.39 is 0 Å². The SMILES string of the molecule is CCCC(C)Oc1nc(N)c2nc(OC)n(CCCCN3CCCCCC3)c2n1. The van der Waals surface area contributed by atoms with E-state index in [4.69, 9.17) is 15.2 Å². The van der Waals surface area contributed by atoms with Gasteiger partial charge in [0.1, 0.15) is 0 Å². The van der Waals surface area contributed by atoms with Crippen LogP contribution < -0.4 is 15.2 Å². The largest absolute Gasteiger partial charge is 0.468 e. The number of rotatable bonds is 10. The molecule has 8 nitrogen and oxygen atoms in total. The third kappa shape index (κ3) is 5.72. The fourth-order valence-electron chi connectivity index (χ4n) is 4.00. The standard InChI is InChI=1S/C21H36N6O2/c1-4-11-16(2)29-20-24-18(22)17-19(25-20)27(21(23-17)28-3)15-10-9-14-26-12-7-5-6-8-13-26/h16H,4-15H2,1-3H3,(H2,22,24,25). The van der Waals surface area contributed by atoms with Crippen LogP contribution in [0.2, 0.25) is 0 Å². The van der Waals surface area contributed by atoms with Gasteiger partial charge in [0.2, 0.25) is 0 Å². The van der Waals surface area contributed by atoms with Gasteiger partial charge in [0.05, 0.1) is 13.2 Å². The summed E-state index contributed by atoms with van der Waals surface area (Å²) in [5, 5.41) is 0. The second-order valence-electron chi connectivity index (χ2n) is 7.99. The van der Waals surface area contributed by atoms with E-state index in [1.807, 2.05) is 11.5 Å². The average molecular weight is 405 g/mol. The van der Waals surface area contributed by atoms with Crippen molar-refractivity contribution < 1.29 is 9.47 Å². The van der Waals surface area contributed by atoms with Crippen molar-refractivity contribution in [2.45, 2.75) is 77.9 Å². The number of hydrogen-bond donors (Lipinski definition) is 1. The van der Waals surface area contributed by atoms with Crippen LogP contribution in [0.15, 0.2) is 0 Å². The van der Waals surface area contributed by atoms with Crippen molar-refractivity contribution in [2.75, 3.05) is 32.5 Å². The second-order valence-corrected chi connectivity index (χ2v) is 7.99. The van der Waals surface area contributed by atoms with Crippen LogP contribution >= 0.6 is 0 Å². The molecule has 162 valence electrons. The van der Waals surface area contributed by atoms with Gasteiger partial charge in [-0.05, 0) is 58.7 Å². The smallest absolute Gasteiger partial charge is 0.320 e. The number of aryl methyl sites for hydroxylation is 1. The van der Waals surface area contributed by atoms with E-state index in [0.29, 0.717) is 29.0 Å². The molecule has 2 aromatic heterocycles. The third-order valence-corrected chi connectivity index (χ3v) is 5.56. The van der Waals surface area contributed by atoms with E-state index in [9.17, 15) is 0 Å². The second kappa shape index (κ2) is 10.6. The number of ether oxygens (including phenoxy) is 2. The fourth-order valence-corrected chi connectivity index (χ4v) is 4.00. The summed E-state index contributed by atoms with van der Waals surface area (Å²) in [6.07, 6.45) is 9.61. The summed E-state index contributed by atoms with van der Waals surface area (Å²) in [6, 6.07) is 0.832. The van der Waals surface area contributed by atoms with Gasteiger partial charge in [-0.25, -0.2) is 0 Å². The summed E-state index contributed by atoms with van der Waals surface area (Å²) in [7, 11) is 1.62. The molecule has 1 aliphatic rings. The first-order chi connectivity index (χ1) is 14.1. The third-order valence-electron chi connectivity index (χ3n) is 5.56. The monoisotopic (exact) mass is 404 g/mol. The van der Waals surface area contributed by atoms with E-state index in [-0.39, 0.29) is 6.10 Å². The number of methoxy groups -OCH3 is 1. The summed E-state index contributed by atoms with van der Waals surface area (Å²) in [5.74, 6) is 0.329. The Balaban J connectivity index is 1.68. The molecule has 8 heteroatoms. The van der Waals surface area contributed by atoms with Crippen LogP contribution in [-0.4, -0.2) is 57.3 Å². The zero-order chi connectivity index (χ0) is 20.6. The molecule has 0 aromatic carbocycles. The van der Waals surface area contributed by atoms with Gasteiger partial charge in [0.15, 0.2) is 17.0 Å². The van der Waals surface area contributed by atoms with E-state index in [1.165, 1.54) is 38.8 Å². The molecule has 1 atom stereocenters. The Hall–Kier alpha value is -2.09. The minimum Gasteiger partial charge on any atom is -0.468 e. The molecular formula is C21H36N6O2. The maximum atomic E-state index is 6.14. The predicted octanol–water partition coefficient (Wildman–Crippen LogP) is 3.64. The Morgan fingerprint density at radius 3 is 2.45 bits per heavy atom. The van der Waals surface area contributed by atoms with Gasteiger partial charge in [-0.2, -0.15) is 15.0 Å². The molecule has 0 spiro atoms. The average Bonchev–Trinajstić information content (AvgIpc) is 2.86. The molecule has 1 saturated heterocycles. The summed E-state index contributed by atoms with van der Waals surface area (Å²) >= 11 is 0. The van der Waals surface area contributed by atoms with Crippen LogP contribution in [-0.2, 0) is 6.54 Å². The number of nitrogen functional groups attached to an aromatic ring is 1. The molecule has 3 heterocycles. The fraction of sp³-hybridized carbons (Fsp3) is 0.762. The number of anilines is 1. The van der Waals surface area contributed by atoms with Crippen molar-refractivity contribution in [3.63, 3.8) is 0 Å². The first-order valence-electron chi connectivity index (χ1n) is 11.1. The number of unbranched alkanes of at least 4 members (excludes halogenated alkanes) is 1. The van der Waals surface area contributed by atoms with Crippen LogP contribution in [0.25, 0.3) is 11.2 Å². The normalized spacial score (nSPS) is 16.7. The topological polar surface area (TPSA) is 91.3 Å². The molecular weight excluding hydrogens is 368 g/mol.